The molecule has 0 aliphatic heterocycles. The number of nitrogens with zero attached hydrogens (tertiary/aromatic N) is 1. The van der Waals surface area contributed by atoms with Crippen molar-refractivity contribution >= 4 is 23.0 Å². The molecular weight excluding hydrogens is 403 g/mol. The molecule has 0 aliphatic rings. The van der Waals surface area contributed by atoms with Crippen LogP contribution in [0.2, 0.25) is 0 Å². The number of amides is 1. The fourth-order valence-corrected chi connectivity index (χ4v) is 3.37. The molecular formula is C24H32F3N3O. The van der Waals surface area contributed by atoms with Crippen molar-refractivity contribution in [1.29, 1.82) is 0 Å². The molecule has 0 fully saturated rings. The molecule has 2 aromatic carbocycles. The summed E-state index contributed by atoms with van der Waals surface area (Å²) in [6.45, 7) is 5.36. The van der Waals surface area contributed by atoms with E-state index in [0.717, 1.165) is 62.0 Å². The van der Waals surface area contributed by atoms with Gasteiger partial charge in [-0.2, -0.15) is 13.2 Å². The average molecular weight is 436 g/mol. The van der Waals surface area contributed by atoms with Gasteiger partial charge in [0.1, 0.15) is 0 Å². The Kier molecular flexibility index (Phi) is 9.21. The first-order chi connectivity index (χ1) is 14.7. The van der Waals surface area contributed by atoms with Crippen LogP contribution >= 0.6 is 0 Å². The Morgan fingerprint density at radius 1 is 1.00 bits per heavy atom. The Morgan fingerprint density at radius 2 is 1.71 bits per heavy atom. The van der Waals surface area contributed by atoms with Crippen molar-refractivity contribution in [3.63, 3.8) is 0 Å². The summed E-state index contributed by atoms with van der Waals surface area (Å²) < 4.78 is 38.4. The number of benzene rings is 2. The van der Waals surface area contributed by atoms with Gasteiger partial charge in [-0.15, -0.1) is 0 Å². The zero-order valence-corrected chi connectivity index (χ0v) is 18.3. The number of nitrogen functional groups attached to an aromatic ring is 1. The number of halogens is 3. The van der Waals surface area contributed by atoms with Crippen molar-refractivity contribution in [2.24, 2.45) is 0 Å². The predicted octanol–water partition coefficient (Wildman–Crippen LogP) is 6.61. The smallest absolute Gasteiger partial charge is 0.397 e. The summed E-state index contributed by atoms with van der Waals surface area (Å²) in [5.74, 6) is -0.0503. The molecule has 0 atom stereocenters. The van der Waals surface area contributed by atoms with Crippen LogP contribution in [0, 0.1) is 0 Å². The number of nitrogens with two attached hydrogens (primary N) is 1. The monoisotopic (exact) mass is 435 g/mol. The van der Waals surface area contributed by atoms with E-state index in [1.54, 1.807) is 12.1 Å². The van der Waals surface area contributed by atoms with E-state index in [0.29, 0.717) is 24.3 Å². The number of anilines is 3. The first-order valence-corrected chi connectivity index (χ1v) is 10.8. The fourth-order valence-electron chi connectivity index (χ4n) is 3.37. The molecule has 2 aromatic rings. The molecule has 2 rings (SSSR count). The van der Waals surface area contributed by atoms with Crippen molar-refractivity contribution in [1.82, 2.24) is 0 Å². The molecule has 0 bridgehead atoms. The molecule has 3 N–H and O–H groups in total. The van der Waals surface area contributed by atoms with Gasteiger partial charge in [0.05, 0.1) is 16.9 Å². The Hall–Kier alpha value is -2.70. The Labute approximate surface area is 182 Å². The van der Waals surface area contributed by atoms with E-state index in [1.165, 1.54) is 12.1 Å². The largest absolute Gasteiger partial charge is 0.416 e. The summed E-state index contributed by atoms with van der Waals surface area (Å²) in [5.41, 5.74) is 8.21. The standard InChI is InChI=1S/C24H32F3N3O/c1-3-5-6-7-8-23(31)29-22-14-13-20(16-21(22)28)30(15-4-2)17-18-9-11-19(12-10-18)24(25,26)27/h9-14,16H,3-8,15,17,28H2,1-2H3,(H,29,31). The molecule has 0 spiro atoms. The molecule has 1 amide bonds. The van der Waals surface area contributed by atoms with Crippen molar-refractivity contribution in [2.45, 2.75) is 65.1 Å². The van der Waals surface area contributed by atoms with E-state index in [1.807, 2.05) is 13.0 Å². The number of carbonyl (C=O) groups is 1. The van der Waals surface area contributed by atoms with Crippen molar-refractivity contribution < 1.29 is 18.0 Å². The number of alkyl halides is 3. The Bertz CT molecular complexity index is 835. The summed E-state index contributed by atoms with van der Waals surface area (Å²) in [7, 11) is 0. The van der Waals surface area contributed by atoms with Gasteiger partial charge < -0.3 is 16.0 Å². The maximum absolute atomic E-state index is 12.8. The maximum Gasteiger partial charge on any atom is 0.416 e. The van der Waals surface area contributed by atoms with Gasteiger partial charge in [0, 0.05) is 25.2 Å². The Morgan fingerprint density at radius 3 is 2.29 bits per heavy atom. The molecule has 4 nitrogen and oxygen atoms in total. The lowest BCUT2D eigenvalue weighted by Crippen LogP contribution is -2.24. The Balaban J connectivity index is 2.06. The van der Waals surface area contributed by atoms with Gasteiger partial charge in [0.15, 0.2) is 0 Å². The molecule has 7 heteroatoms. The summed E-state index contributed by atoms with van der Waals surface area (Å²) in [6, 6.07) is 10.7. The van der Waals surface area contributed by atoms with Gasteiger partial charge in [-0.3, -0.25) is 4.79 Å². The number of hydrogen-bond donors (Lipinski definition) is 2. The van der Waals surface area contributed by atoms with Gasteiger partial charge in [0.2, 0.25) is 5.91 Å². The number of hydrogen-bond acceptors (Lipinski definition) is 3. The highest BCUT2D eigenvalue weighted by molar-refractivity contribution is 5.94. The molecule has 31 heavy (non-hydrogen) atoms. The van der Waals surface area contributed by atoms with Crippen LogP contribution in [0.25, 0.3) is 0 Å². The molecule has 0 saturated heterocycles. The highest BCUT2D eigenvalue weighted by Gasteiger charge is 2.30. The van der Waals surface area contributed by atoms with E-state index in [2.05, 4.69) is 17.1 Å². The minimum Gasteiger partial charge on any atom is -0.397 e. The second-order valence-corrected chi connectivity index (χ2v) is 7.75. The third-order valence-electron chi connectivity index (χ3n) is 5.08. The number of unbranched alkanes of at least 4 members (excludes halogenated alkanes) is 3. The van der Waals surface area contributed by atoms with E-state index in [9.17, 15) is 18.0 Å². The van der Waals surface area contributed by atoms with Crippen LogP contribution in [-0.4, -0.2) is 12.5 Å². The summed E-state index contributed by atoms with van der Waals surface area (Å²) >= 11 is 0. The molecule has 170 valence electrons. The second-order valence-electron chi connectivity index (χ2n) is 7.75. The number of carbonyl (C=O) groups excluding carboxylic acids is 1. The highest BCUT2D eigenvalue weighted by Crippen LogP contribution is 2.30. The van der Waals surface area contributed by atoms with E-state index >= 15 is 0 Å². The first kappa shape index (κ1) is 24.6. The molecule has 0 radical (unpaired) electrons. The third-order valence-corrected chi connectivity index (χ3v) is 5.08. The molecule has 0 heterocycles. The van der Waals surface area contributed by atoms with E-state index < -0.39 is 11.7 Å². The van der Waals surface area contributed by atoms with Gasteiger partial charge in [0.25, 0.3) is 0 Å². The molecule has 0 saturated carbocycles. The molecule has 0 aromatic heterocycles. The number of rotatable bonds is 11. The van der Waals surface area contributed by atoms with Crippen LogP contribution in [-0.2, 0) is 17.5 Å². The fraction of sp³-hybridized carbons (Fsp3) is 0.458. The lowest BCUT2D eigenvalue weighted by atomic mass is 10.1. The highest BCUT2D eigenvalue weighted by atomic mass is 19.4. The quantitative estimate of drug-likeness (QED) is 0.308. The van der Waals surface area contributed by atoms with Gasteiger partial charge in [-0.25, -0.2) is 0 Å². The average Bonchev–Trinajstić information content (AvgIpc) is 2.72. The van der Waals surface area contributed by atoms with Crippen LogP contribution in [0.1, 0.15) is 63.5 Å². The minimum atomic E-state index is -4.34. The molecule has 0 unspecified atom stereocenters. The van der Waals surface area contributed by atoms with Gasteiger partial charge in [-0.05, 0) is 48.7 Å². The minimum absolute atomic E-state index is 0.0503. The topological polar surface area (TPSA) is 58.4 Å². The summed E-state index contributed by atoms with van der Waals surface area (Å²) in [6.07, 6.45) is 1.14. The first-order valence-electron chi connectivity index (χ1n) is 10.8. The SMILES string of the molecule is CCCCCCC(=O)Nc1ccc(N(CCC)Cc2ccc(C(F)(F)F)cc2)cc1N. The van der Waals surface area contributed by atoms with Crippen LogP contribution in [0.3, 0.4) is 0 Å². The van der Waals surface area contributed by atoms with Crippen LogP contribution in [0.4, 0.5) is 30.2 Å². The lowest BCUT2D eigenvalue weighted by Gasteiger charge is -2.25. The predicted molar refractivity (Wildman–Crippen MR) is 121 cm³/mol. The van der Waals surface area contributed by atoms with Gasteiger partial charge >= 0.3 is 6.18 Å². The van der Waals surface area contributed by atoms with Crippen LogP contribution in [0.15, 0.2) is 42.5 Å². The number of nitrogens with one attached hydrogen (secondary N) is 1. The lowest BCUT2D eigenvalue weighted by molar-refractivity contribution is -0.137. The van der Waals surface area contributed by atoms with Gasteiger partial charge in [-0.1, -0.05) is 45.2 Å². The van der Waals surface area contributed by atoms with Crippen molar-refractivity contribution in [2.75, 3.05) is 22.5 Å². The van der Waals surface area contributed by atoms with E-state index in [4.69, 9.17) is 5.73 Å². The summed E-state index contributed by atoms with van der Waals surface area (Å²) in [4.78, 5) is 14.2. The normalized spacial score (nSPS) is 11.4. The summed E-state index contributed by atoms with van der Waals surface area (Å²) in [5, 5.41) is 2.87. The van der Waals surface area contributed by atoms with Crippen molar-refractivity contribution in [3.8, 4) is 0 Å². The second kappa shape index (κ2) is 11.6. The third kappa shape index (κ3) is 7.81. The van der Waals surface area contributed by atoms with Crippen molar-refractivity contribution in [3.05, 3.63) is 53.6 Å². The maximum atomic E-state index is 12.8. The zero-order chi connectivity index (χ0) is 22.9. The molecule has 0 aliphatic carbocycles. The van der Waals surface area contributed by atoms with E-state index in [-0.39, 0.29) is 5.91 Å². The zero-order valence-electron chi connectivity index (χ0n) is 18.3. The van der Waals surface area contributed by atoms with Crippen LogP contribution in [0.5, 0.6) is 0 Å². The van der Waals surface area contributed by atoms with Crippen LogP contribution < -0.4 is 16.0 Å².